The van der Waals surface area contributed by atoms with Crippen molar-refractivity contribution >= 4 is 5.97 Å². The van der Waals surface area contributed by atoms with Crippen molar-refractivity contribution in [3.8, 4) is 0 Å². The number of hydrogen-bond donors (Lipinski definition) is 1. The fraction of sp³-hybridized carbons (Fsp3) is 0.833. The predicted octanol–water partition coefficient (Wildman–Crippen LogP) is 0.222. The summed E-state index contributed by atoms with van der Waals surface area (Å²) in [6, 6.07) is 0. The molecule has 0 saturated carbocycles. The number of carboxylic acid groups (broad SMARTS) is 1. The summed E-state index contributed by atoms with van der Waals surface area (Å²) in [5.74, 6) is -0.948. The highest BCUT2D eigenvalue weighted by molar-refractivity contribution is 5.72. The van der Waals surface area contributed by atoms with Crippen molar-refractivity contribution in [3.05, 3.63) is 0 Å². The van der Waals surface area contributed by atoms with Gasteiger partial charge in [-0.25, -0.2) is 4.79 Å². The molecule has 0 bridgehead atoms. The molecule has 0 aromatic carbocycles. The lowest BCUT2D eigenvalue weighted by atomic mass is 10.4. The topological polar surface area (TPSA) is 55.8 Å². The van der Waals surface area contributed by atoms with Crippen molar-refractivity contribution in [2.75, 3.05) is 6.61 Å². The molecule has 0 amide bonds. The van der Waals surface area contributed by atoms with Crippen LogP contribution in [0.2, 0.25) is 0 Å². The van der Waals surface area contributed by atoms with E-state index in [1.807, 2.05) is 6.92 Å². The average molecular weight is 146 g/mol. The maximum absolute atomic E-state index is 10.3. The summed E-state index contributed by atoms with van der Waals surface area (Å²) in [4.78, 5) is 10.3. The Hall–Kier alpha value is -0.610. The standard InChI is InChI=1S/C6H10O4/c1-2-5-9-3-4(10-5)6(7)8/h4-5H,2-3H2,1H3,(H,7,8)/t4-,5+/m0/s1. The molecule has 0 radical (unpaired) electrons. The Kier molecular flexibility index (Phi) is 2.24. The van der Waals surface area contributed by atoms with Crippen LogP contribution in [-0.2, 0) is 14.3 Å². The SMILES string of the molecule is CC[C@@H]1OC[C@@H](C(=O)O)O1. The first-order valence-corrected chi connectivity index (χ1v) is 3.24. The van der Waals surface area contributed by atoms with Gasteiger partial charge in [-0.2, -0.15) is 0 Å². The van der Waals surface area contributed by atoms with Gasteiger partial charge in [0.15, 0.2) is 12.4 Å². The lowest BCUT2D eigenvalue weighted by Crippen LogP contribution is -2.22. The highest BCUT2D eigenvalue weighted by Gasteiger charge is 2.29. The first-order valence-electron chi connectivity index (χ1n) is 3.24. The van der Waals surface area contributed by atoms with Gasteiger partial charge in [0.1, 0.15) is 0 Å². The first kappa shape index (κ1) is 7.50. The monoisotopic (exact) mass is 146 g/mol. The van der Waals surface area contributed by atoms with E-state index < -0.39 is 12.1 Å². The summed E-state index contributed by atoms with van der Waals surface area (Å²) in [5.41, 5.74) is 0. The highest BCUT2D eigenvalue weighted by Crippen LogP contribution is 2.13. The molecule has 4 nitrogen and oxygen atoms in total. The molecule has 1 aliphatic heterocycles. The Morgan fingerprint density at radius 3 is 2.80 bits per heavy atom. The third-order valence-electron chi connectivity index (χ3n) is 1.36. The summed E-state index contributed by atoms with van der Waals surface area (Å²) < 4.78 is 9.92. The fourth-order valence-electron chi connectivity index (χ4n) is 0.800. The van der Waals surface area contributed by atoms with Gasteiger partial charge in [-0.3, -0.25) is 0 Å². The van der Waals surface area contributed by atoms with Gasteiger partial charge >= 0.3 is 5.97 Å². The summed E-state index contributed by atoms with van der Waals surface area (Å²) in [5, 5.41) is 8.42. The molecule has 0 aromatic heterocycles. The number of aliphatic carboxylic acids is 1. The number of hydrogen-bond acceptors (Lipinski definition) is 3. The molecule has 1 rings (SSSR count). The van der Waals surface area contributed by atoms with E-state index in [0.29, 0.717) is 6.42 Å². The molecular weight excluding hydrogens is 136 g/mol. The maximum atomic E-state index is 10.3. The Morgan fingerprint density at radius 2 is 2.50 bits per heavy atom. The van der Waals surface area contributed by atoms with Gasteiger partial charge in [0, 0.05) is 0 Å². The zero-order valence-corrected chi connectivity index (χ0v) is 5.74. The van der Waals surface area contributed by atoms with Crippen molar-refractivity contribution < 1.29 is 19.4 Å². The quantitative estimate of drug-likeness (QED) is 0.605. The van der Waals surface area contributed by atoms with Crippen LogP contribution in [0.25, 0.3) is 0 Å². The van der Waals surface area contributed by atoms with E-state index >= 15 is 0 Å². The van der Waals surface area contributed by atoms with E-state index in [9.17, 15) is 4.79 Å². The van der Waals surface area contributed by atoms with Gasteiger partial charge in [0.2, 0.25) is 0 Å². The van der Waals surface area contributed by atoms with Gasteiger partial charge in [0.25, 0.3) is 0 Å². The third-order valence-corrected chi connectivity index (χ3v) is 1.36. The lowest BCUT2D eigenvalue weighted by molar-refractivity contribution is -0.150. The van der Waals surface area contributed by atoms with Crippen molar-refractivity contribution in [1.29, 1.82) is 0 Å². The van der Waals surface area contributed by atoms with Crippen molar-refractivity contribution in [1.82, 2.24) is 0 Å². The number of ether oxygens (including phenoxy) is 2. The van der Waals surface area contributed by atoms with Gasteiger partial charge in [-0.15, -0.1) is 0 Å². The summed E-state index contributed by atoms with van der Waals surface area (Å²) >= 11 is 0. The lowest BCUT2D eigenvalue weighted by Gasteiger charge is -2.04. The van der Waals surface area contributed by atoms with Crippen LogP contribution >= 0.6 is 0 Å². The largest absolute Gasteiger partial charge is 0.479 e. The average Bonchev–Trinajstić information content (AvgIpc) is 2.34. The molecule has 4 heteroatoms. The van der Waals surface area contributed by atoms with Crippen LogP contribution < -0.4 is 0 Å². The Morgan fingerprint density at radius 1 is 1.80 bits per heavy atom. The predicted molar refractivity (Wildman–Crippen MR) is 32.5 cm³/mol. The molecule has 0 aliphatic carbocycles. The molecule has 1 heterocycles. The van der Waals surface area contributed by atoms with E-state index in [-0.39, 0.29) is 12.9 Å². The number of carboxylic acids is 1. The van der Waals surface area contributed by atoms with E-state index in [4.69, 9.17) is 14.6 Å². The van der Waals surface area contributed by atoms with Crippen LogP contribution in [-0.4, -0.2) is 30.1 Å². The number of carbonyl (C=O) groups is 1. The van der Waals surface area contributed by atoms with Gasteiger partial charge < -0.3 is 14.6 Å². The van der Waals surface area contributed by atoms with E-state index in [0.717, 1.165) is 0 Å². The molecule has 0 spiro atoms. The third kappa shape index (κ3) is 1.46. The Labute approximate surface area is 58.7 Å². The van der Waals surface area contributed by atoms with Gasteiger partial charge in [-0.1, -0.05) is 6.92 Å². The van der Waals surface area contributed by atoms with Crippen LogP contribution in [0.4, 0.5) is 0 Å². The van der Waals surface area contributed by atoms with E-state index in [1.54, 1.807) is 0 Å². The zero-order valence-electron chi connectivity index (χ0n) is 5.74. The van der Waals surface area contributed by atoms with E-state index in [2.05, 4.69) is 0 Å². The summed E-state index contributed by atoms with van der Waals surface area (Å²) in [6.07, 6.45) is -0.380. The zero-order chi connectivity index (χ0) is 7.56. The molecule has 1 aliphatic rings. The van der Waals surface area contributed by atoms with Crippen LogP contribution in [0.5, 0.6) is 0 Å². The smallest absolute Gasteiger partial charge is 0.335 e. The summed E-state index contributed by atoms with van der Waals surface area (Å²) in [6.45, 7) is 2.06. The highest BCUT2D eigenvalue weighted by atomic mass is 16.7. The van der Waals surface area contributed by atoms with Crippen molar-refractivity contribution in [3.63, 3.8) is 0 Å². The molecule has 1 N–H and O–H groups in total. The molecule has 2 atom stereocenters. The molecule has 0 unspecified atom stereocenters. The Bertz CT molecular complexity index is 134. The van der Waals surface area contributed by atoms with Gasteiger partial charge in [0.05, 0.1) is 6.61 Å². The van der Waals surface area contributed by atoms with Crippen molar-refractivity contribution in [2.24, 2.45) is 0 Å². The van der Waals surface area contributed by atoms with Gasteiger partial charge in [-0.05, 0) is 6.42 Å². The van der Waals surface area contributed by atoms with Crippen LogP contribution in [0, 0.1) is 0 Å². The minimum absolute atomic E-state index is 0.174. The molecular formula is C6H10O4. The van der Waals surface area contributed by atoms with Crippen LogP contribution in [0.1, 0.15) is 13.3 Å². The number of rotatable bonds is 2. The molecule has 10 heavy (non-hydrogen) atoms. The van der Waals surface area contributed by atoms with Crippen molar-refractivity contribution in [2.45, 2.75) is 25.7 Å². The minimum atomic E-state index is -0.948. The second kappa shape index (κ2) is 2.98. The normalized spacial score (nSPS) is 32.5. The Balaban J connectivity index is 2.35. The second-order valence-electron chi connectivity index (χ2n) is 2.13. The fourth-order valence-corrected chi connectivity index (χ4v) is 0.800. The maximum Gasteiger partial charge on any atom is 0.335 e. The second-order valence-corrected chi connectivity index (χ2v) is 2.13. The molecule has 0 aromatic rings. The minimum Gasteiger partial charge on any atom is -0.479 e. The van der Waals surface area contributed by atoms with E-state index in [1.165, 1.54) is 0 Å². The van der Waals surface area contributed by atoms with Crippen LogP contribution in [0.15, 0.2) is 0 Å². The first-order chi connectivity index (χ1) is 4.74. The molecule has 1 fully saturated rings. The van der Waals surface area contributed by atoms with Crippen LogP contribution in [0.3, 0.4) is 0 Å². The molecule has 1 saturated heterocycles. The molecule has 58 valence electrons. The summed E-state index contributed by atoms with van der Waals surface area (Å²) in [7, 11) is 0.